The summed E-state index contributed by atoms with van der Waals surface area (Å²) in [5.41, 5.74) is -0.556. The van der Waals surface area contributed by atoms with E-state index in [4.69, 9.17) is 9.47 Å². The van der Waals surface area contributed by atoms with Gasteiger partial charge in [0.25, 0.3) is 0 Å². The summed E-state index contributed by atoms with van der Waals surface area (Å²) in [5, 5.41) is 2.75. The fraction of sp³-hybridized carbons (Fsp3) is 0.867. The summed E-state index contributed by atoms with van der Waals surface area (Å²) in [6.45, 7) is 11.1. The highest BCUT2D eigenvalue weighted by atomic mass is 16.6. The predicted molar refractivity (Wildman–Crippen MR) is 78.3 cm³/mol. The molecule has 0 aliphatic carbocycles. The number of hydrogen-bond donors (Lipinski definition) is 1. The van der Waals surface area contributed by atoms with Crippen LogP contribution >= 0.6 is 0 Å². The number of esters is 1. The minimum atomic E-state index is -0.612. The number of hydrogen-bond acceptors (Lipinski definition) is 4. The van der Waals surface area contributed by atoms with Crippen molar-refractivity contribution in [2.45, 2.75) is 72.1 Å². The number of carbonyl (C=O) groups excluding carboxylic acids is 2. The lowest BCUT2D eigenvalue weighted by Gasteiger charge is -2.26. The third-order valence-electron chi connectivity index (χ3n) is 2.82. The van der Waals surface area contributed by atoms with Crippen LogP contribution < -0.4 is 5.32 Å². The summed E-state index contributed by atoms with van der Waals surface area (Å²) >= 11 is 0. The van der Waals surface area contributed by atoms with Crippen molar-refractivity contribution in [2.75, 3.05) is 7.11 Å². The van der Waals surface area contributed by atoms with Crippen LogP contribution in [0.1, 0.15) is 54.4 Å². The molecule has 0 aliphatic rings. The molecule has 20 heavy (non-hydrogen) atoms. The average molecular weight is 287 g/mol. The first-order valence-corrected chi connectivity index (χ1v) is 7.11. The quantitative estimate of drug-likeness (QED) is 0.730. The molecule has 0 heterocycles. The summed E-state index contributed by atoms with van der Waals surface area (Å²) in [6.07, 6.45) is 0.988. The zero-order chi connectivity index (χ0) is 15.9. The van der Waals surface area contributed by atoms with Crippen molar-refractivity contribution >= 4 is 11.9 Å². The highest BCUT2D eigenvalue weighted by Crippen LogP contribution is 2.12. The number of amides is 1. The Labute approximate surface area is 122 Å². The van der Waals surface area contributed by atoms with E-state index in [-0.39, 0.29) is 23.9 Å². The van der Waals surface area contributed by atoms with Crippen LogP contribution in [-0.4, -0.2) is 36.7 Å². The highest BCUT2D eigenvalue weighted by Gasteiger charge is 2.29. The van der Waals surface area contributed by atoms with E-state index in [0.29, 0.717) is 12.8 Å². The lowest BCUT2D eigenvalue weighted by atomic mass is 10.0. The van der Waals surface area contributed by atoms with Crippen molar-refractivity contribution in [3.05, 3.63) is 0 Å². The summed E-state index contributed by atoms with van der Waals surface area (Å²) < 4.78 is 10.4. The standard InChI is InChI=1S/C15H29NO4/c1-10(2)13(14(18)20-15(4,5)6)16-12(17)9-8-11(3)19-7/h10-11,13H,8-9H2,1-7H3,(H,16,17)/t11?,13-/m1/s1. The van der Waals surface area contributed by atoms with Gasteiger partial charge in [0.2, 0.25) is 5.91 Å². The van der Waals surface area contributed by atoms with Crippen molar-refractivity contribution in [3.63, 3.8) is 0 Å². The molecule has 2 atom stereocenters. The Morgan fingerprint density at radius 1 is 1.15 bits per heavy atom. The molecular formula is C15H29NO4. The maximum Gasteiger partial charge on any atom is 0.329 e. The minimum Gasteiger partial charge on any atom is -0.458 e. The molecule has 1 unspecified atom stereocenters. The van der Waals surface area contributed by atoms with Gasteiger partial charge >= 0.3 is 5.97 Å². The topological polar surface area (TPSA) is 64.6 Å². The lowest BCUT2D eigenvalue weighted by Crippen LogP contribution is -2.47. The van der Waals surface area contributed by atoms with Crippen LogP contribution in [0.2, 0.25) is 0 Å². The van der Waals surface area contributed by atoms with E-state index < -0.39 is 11.6 Å². The van der Waals surface area contributed by atoms with Gasteiger partial charge in [0.15, 0.2) is 0 Å². The van der Waals surface area contributed by atoms with Gasteiger partial charge in [-0.1, -0.05) is 13.8 Å². The second-order valence-electron chi connectivity index (χ2n) is 6.41. The van der Waals surface area contributed by atoms with E-state index in [1.54, 1.807) is 7.11 Å². The van der Waals surface area contributed by atoms with Gasteiger partial charge in [-0.3, -0.25) is 4.79 Å². The molecule has 0 spiro atoms. The molecule has 118 valence electrons. The Balaban J connectivity index is 4.48. The molecule has 0 aliphatic heterocycles. The van der Waals surface area contributed by atoms with Crippen LogP contribution in [0, 0.1) is 5.92 Å². The Bertz CT molecular complexity index is 320. The molecule has 1 amide bonds. The maximum atomic E-state index is 12.1. The Kier molecular flexibility index (Phi) is 7.79. The van der Waals surface area contributed by atoms with Gasteiger partial charge in [0.05, 0.1) is 6.10 Å². The molecule has 1 N–H and O–H groups in total. The van der Waals surface area contributed by atoms with Crippen molar-refractivity contribution in [3.8, 4) is 0 Å². The van der Waals surface area contributed by atoms with Crippen LogP contribution in [0.15, 0.2) is 0 Å². The van der Waals surface area contributed by atoms with E-state index >= 15 is 0 Å². The molecule has 5 heteroatoms. The van der Waals surface area contributed by atoms with E-state index in [1.165, 1.54) is 0 Å². The number of ether oxygens (including phenoxy) is 2. The first-order chi connectivity index (χ1) is 9.06. The summed E-state index contributed by atoms with van der Waals surface area (Å²) in [7, 11) is 1.61. The zero-order valence-corrected chi connectivity index (χ0v) is 13.8. The molecular weight excluding hydrogens is 258 g/mol. The van der Waals surface area contributed by atoms with Crippen LogP contribution in [0.3, 0.4) is 0 Å². The first-order valence-electron chi connectivity index (χ1n) is 7.11. The molecule has 0 radical (unpaired) electrons. The van der Waals surface area contributed by atoms with Crippen LogP contribution in [0.5, 0.6) is 0 Å². The average Bonchev–Trinajstić information content (AvgIpc) is 2.30. The van der Waals surface area contributed by atoms with E-state index in [1.807, 2.05) is 41.5 Å². The van der Waals surface area contributed by atoms with Crippen molar-refractivity contribution in [1.29, 1.82) is 0 Å². The first kappa shape index (κ1) is 18.9. The van der Waals surface area contributed by atoms with Gasteiger partial charge in [0.1, 0.15) is 11.6 Å². The third kappa shape index (κ3) is 8.15. The van der Waals surface area contributed by atoms with Gasteiger partial charge in [0, 0.05) is 13.5 Å². The third-order valence-corrected chi connectivity index (χ3v) is 2.82. The Morgan fingerprint density at radius 2 is 1.70 bits per heavy atom. The second kappa shape index (κ2) is 8.25. The largest absolute Gasteiger partial charge is 0.458 e. The molecule has 0 bridgehead atoms. The normalized spacial score (nSPS) is 14.8. The van der Waals surface area contributed by atoms with Gasteiger partial charge in [-0.05, 0) is 40.0 Å². The number of carbonyl (C=O) groups is 2. The molecule has 5 nitrogen and oxygen atoms in total. The summed E-state index contributed by atoms with van der Waals surface area (Å²) in [6, 6.07) is -0.612. The smallest absolute Gasteiger partial charge is 0.329 e. The van der Waals surface area contributed by atoms with E-state index in [2.05, 4.69) is 5.32 Å². The monoisotopic (exact) mass is 287 g/mol. The van der Waals surface area contributed by atoms with Crippen molar-refractivity contribution in [2.24, 2.45) is 5.92 Å². The minimum absolute atomic E-state index is 0.0198. The highest BCUT2D eigenvalue weighted by molar-refractivity contribution is 5.84. The molecule has 0 rings (SSSR count). The van der Waals surface area contributed by atoms with Gasteiger partial charge in [-0.2, -0.15) is 0 Å². The van der Waals surface area contributed by atoms with E-state index in [9.17, 15) is 9.59 Å². The Hall–Kier alpha value is -1.10. The molecule has 0 aromatic carbocycles. The SMILES string of the molecule is COC(C)CCC(=O)N[C@@H](C(=O)OC(C)(C)C)C(C)C. The number of rotatable bonds is 7. The lowest BCUT2D eigenvalue weighted by molar-refractivity contribution is -0.160. The summed E-state index contributed by atoms with van der Waals surface area (Å²) in [4.78, 5) is 23.9. The predicted octanol–water partition coefficient (Wildman–Crippen LogP) is 2.28. The molecule has 0 fully saturated rings. The second-order valence-corrected chi connectivity index (χ2v) is 6.41. The molecule has 0 saturated heterocycles. The number of methoxy groups -OCH3 is 1. The van der Waals surface area contributed by atoms with Crippen LogP contribution in [0.4, 0.5) is 0 Å². The molecule has 0 aromatic rings. The fourth-order valence-corrected chi connectivity index (χ4v) is 1.56. The Morgan fingerprint density at radius 3 is 2.10 bits per heavy atom. The van der Waals surface area contributed by atoms with Gasteiger partial charge < -0.3 is 14.8 Å². The fourth-order valence-electron chi connectivity index (χ4n) is 1.56. The van der Waals surface area contributed by atoms with Gasteiger partial charge in [-0.25, -0.2) is 4.79 Å². The van der Waals surface area contributed by atoms with E-state index in [0.717, 1.165) is 0 Å². The van der Waals surface area contributed by atoms with Crippen molar-refractivity contribution in [1.82, 2.24) is 5.32 Å². The zero-order valence-electron chi connectivity index (χ0n) is 13.8. The van der Waals surface area contributed by atoms with Gasteiger partial charge in [-0.15, -0.1) is 0 Å². The molecule has 0 saturated carbocycles. The summed E-state index contributed by atoms with van der Waals surface area (Å²) in [5.74, 6) is -0.562. The van der Waals surface area contributed by atoms with Crippen molar-refractivity contribution < 1.29 is 19.1 Å². The molecule has 0 aromatic heterocycles. The van der Waals surface area contributed by atoms with Crippen LogP contribution in [0.25, 0.3) is 0 Å². The maximum absolute atomic E-state index is 12.1. The van der Waals surface area contributed by atoms with Crippen LogP contribution in [-0.2, 0) is 19.1 Å². The number of nitrogens with one attached hydrogen (secondary N) is 1.